The van der Waals surface area contributed by atoms with E-state index in [1.54, 1.807) is 20.1 Å². The van der Waals surface area contributed by atoms with Gasteiger partial charge in [-0.15, -0.1) is 0 Å². The van der Waals surface area contributed by atoms with Crippen molar-refractivity contribution in [1.29, 1.82) is 0 Å². The molecule has 0 saturated heterocycles. The molecule has 2 aromatic carbocycles. The van der Waals surface area contributed by atoms with Crippen molar-refractivity contribution < 1.29 is 17.9 Å². The third-order valence-electron chi connectivity index (χ3n) is 4.67. The van der Waals surface area contributed by atoms with Gasteiger partial charge in [-0.3, -0.25) is 9.10 Å². The van der Waals surface area contributed by atoms with Crippen LogP contribution in [-0.4, -0.2) is 33.7 Å². The first-order chi connectivity index (χ1) is 13.0. The number of carbonyl (C=O) groups excluding carboxylic acids is 1. The molecular weight excluding hydrogens is 376 g/mol. The van der Waals surface area contributed by atoms with Gasteiger partial charge in [-0.25, -0.2) is 8.42 Å². The van der Waals surface area contributed by atoms with Crippen LogP contribution < -0.4 is 14.4 Å². The van der Waals surface area contributed by atoms with Crippen LogP contribution in [-0.2, 0) is 14.8 Å². The predicted octanol–water partition coefficient (Wildman–Crippen LogP) is 3.34. The number of methoxy groups -OCH3 is 1. The summed E-state index contributed by atoms with van der Waals surface area (Å²) in [5.74, 6) is 0.364. The summed E-state index contributed by atoms with van der Waals surface area (Å²) in [4.78, 5) is 12.9. The number of rotatable bonds is 7. The van der Waals surface area contributed by atoms with E-state index in [2.05, 4.69) is 5.32 Å². The number of aryl methyl sites for hydroxylation is 2. The summed E-state index contributed by atoms with van der Waals surface area (Å²) in [5.41, 5.74) is 3.13. The smallest absolute Gasteiger partial charge is 0.244 e. The Morgan fingerprint density at radius 3 is 2.21 bits per heavy atom. The Balaban J connectivity index is 2.27. The third kappa shape index (κ3) is 5.04. The molecule has 0 fully saturated rings. The average molecular weight is 405 g/mol. The lowest BCUT2D eigenvalue weighted by molar-refractivity contribution is -0.122. The Bertz CT molecular complexity index is 939. The standard InChI is InChI=1S/C21H28N2O4S/c1-14-7-8-15(2)20(13-14)23(28(6,25)26)17(4)21(24)22-16(3)18-9-11-19(27-5)12-10-18/h7-13,16-17H,1-6H3,(H,22,24)/t16-,17+/m0/s1. The molecule has 0 heterocycles. The summed E-state index contributed by atoms with van der Waals surface area (Å²) in [5, 5.41) is 2.90. The summed E-state index contributed by atoms with van der Waals surface area (Å²) < 4.78 is 31.3. The number of nitrogens with zero attached hydrogens (tertiary/aromatic N) is 1. The molecule has 1 amide bonds. The zero-order valence-electron chi connectivity index (χ0n) is 17.2. The van der Waals surface area contributed by atoms with Gasteiger partial charge in [-0.05, 0) is 62.6 Å². The molecule has 0 aliphatic rings. The molecule has 152 valence electrons. The molecule has 0 aromatic heterocycles. The molecule has 2 atom stereocenters. The number of sulfonamides is 1. The number of carbonyl (C=O) groups is 1. The second-order valence-corrected chi connectivity index (χ2v) is 8.89. The zero-order valence-corrected chi connectivity index (χ0v) is 18.0. The first-order valence-electron chi connectivity index (χ1n) is 9.05. The molecule has 0 radical (unpaired) electrons. The number of ether oxygens (including phenoxy) is 1. The molecular formula is C21H28N2O4S. The summed E-state index contributed by atoms with van der Waals surface area (Å²) in [6.45, 7) is 7.17. The van der Waals surface area contributed by atoms with Crippen molar-refractivity contribution in [2.45, 2.75) is 39.8 Å². The van der Waals surface area contributed by atoms with E-state index in [9.17, 15) is 13.2 Å². The van der Waals surface area contributed by atoms with Gasteiger partial charge in [0.1, 0.15) is 11.8 Å². The molecule has 0 spiro atoms. The lowest BCUT2D eigenvalue weighted by Gasteiger charge is -2.30. The maximum absolute atomic E-state index is 12.9. The van der Waals surface area contributed by atoms with Crippen LogP contribution in [0.5, 0.6) is 5.75 Å². The highest BCUT2D eigenvalue weighted by molar-refractivity contribution is 7.92. The van der Waals surface area contributed by atoms with E-state index >= 15 is 0 Å². The van der Waals surface area contributed by atoms with Crippen molar-refractivity contribution in [3.05, 3.63) is 59.2 Å². The van der Waals surface area contributed by atoms with Gasteiger partial charge < -0.3 is 10.1 Å². The molecule has 28 heavy (non-hydrogen) atoms. The Morgan fingerprint density at radius 2 is 1.68 bits per heavy atom. The van der Waals surface area contributed by atoms with E-state index in [1.807, 2.05) is 57.2 Å². The lowest BCUT2D eigenvalue weighted by atomic mass is 10.1. The highest BCUT2D eigenvalue weighted by Gasteiger charge is 2.30. The highest BCUT2D eigenvalue weighted by atomic mass is 32.2. The zero-order chi connectivity index (χ0) is 21.1. The largest absolute Gasteiger partial charge is 0.497 e. The maximum atomic E-state index is 12.9. The van der Waals surface area contributed by atoms with Gasteiger partial charge in [0.2, 0.25) is 15.9 Å². The molecule has 7 heteroatoms. The second kappa shape index (κ2) is 8.65. The van der Waals surface area contributed by atoms with E-state index in [-0.39, 0.29) is 11.9 Å². The van der Waals surface area contributed by atoms with Gasteiger partial charge in [0.05, 0.1) is 25.1 Å². The minimum Gasteiger partial charge on any atom is -0.497 e. The van der Waals surface area contributed by atoms with Crippen LogP contribution in [0.2, 0.25) is 0 Å². The van der Waals surface area contributed by atoms with E-state index < -0.39 is 16.1 Å². The van der Waals surface area contributed by atoms with Gasteiger partial charge in [0, 0.05) is 0 Å². The number of hydrogen-bond acceptors (Lipinski definition) is 4. The number of amides is 1. The Labute approximate surface area is 167 Å². The molecule has 0 aliphatic carbocycles. The van der Waals surface area contributed by atoms with Gasteiger partial charge in [-0.1, -0.05) is 24.3 Å². The fourth-order valence-electron chi connectivity index (χ4n) is 3.05. The molecule has 1 N–H and O–H groups in total. The number of anilines is 1. The van der Waals surface area contributed by atoms with E-state index in [0.29, 0.717) is 5.69 Å². The van der Waals surface area contributed by atoms with Crippen molar-refractivity contribution in [2.75, 3.05) is 17.7 Å². The van der Waals surface area contributed by atoms with Crippen molar-refractivity contribution in [1.82, 2.24) is 5.32 Å². The topological polar surface area (TPSA) is 75.7 Å². The quantitative estimate of drug-likeness (QED) is 0.768. The maximum Gasteiger partial charge on any atom is 0.244 e. The fraction of sp³-hybridized carbons (Fsp3) is 0.381. The molecule has 0 bridgehead atoms. The lowest BCUT2D eigenvalue weighted by Crippen LogP contribution is -2.48. The Kier molecular flexibility index (Phi) is 6.72. The van der Waals surface area contributed by atoms with Crippen LogP contribution in [0.1, 0.15) is 36.6 Å². The van der Waals surface area contributed by atoms with E-state index in [1.165, 1.54) is 4.31 Å². The number of nitrogens with one attached hydrogen (secondary N) is 1. The summed E-state index contributed by atoms with van der Waals surface area (Å²) in [6, 6.07) is 11.8. The van der Waals surface area contributed by atoms with Crippen LogP contribution in [0.4, 0.5) is 5.69 Å². The normalized spacial score (nSPS) is 13.5. The summed E-state index contributed by atoms with van der Waals surface area (Å²) in [7, 11) is -2.06. The van der Waals surface area contributed by atoms with Crippen LogP contribution in [0.25, 0.3) is 0 Å². The minimum atomic E-state index is -3.65. The van der Waals surface area contributed by atoms with Crippen LogP contribution >= 0.6 is 0 Å². The number of hydrogen-bond donors (Lipinski definition) is 1. The SMILES string of the molecule is COc1ccc([C@H](C)NC(=O)[C@@H](C)N(c2cc(C)ccc2C)S(C)(=O)=O)cc1. The molecule has 0 aliphatic heterocycles. The molecule has 6 nitrogen and oxygen atoms in total. The summed E-state index contributed by atoms with van der Waals surface area (Å²) >= 11 is 0. The van der Waals surface area contributed by atoms with Gasteiger partial charge in [0.15, 0.2) is 0 Å². The van der Waals surface area contributed by atoms with E-state index in [0.717, 1.165) is 28.7 Å². The van der Waals surface area contributed by atoms with Gasteiger partial charge in [0.25, 0.3) is 0 Å². The Morgan fingerprint density at radius 1 is 1.07 bits per heavy atom. The van der Waals surface area contributed by atoms with Crippen molar-refractivity contribution in [3.8, 4) is 5.75 Å². The highest BCUT2D eigenvalue weighted by Crippen LogP contribution is 2.27. The van der Waals surface area contributed by atoms with Crippen LogP contribution in [0.3, 0.4) is 0 Å². The minimum absolute atomic E-state index is 0.277. The Hall–Kier alpha value is -2.54. The van der Waals surface area contributed by atoms with Crippen molar-refractivity contribution >= 4 is 21.6 Å². The van der Waals surface area contributed by atoms with Gasteiger partial charge >= 0.3 is 0 Å². The first kappa shape index (κ1) is 21.8. The first-order valence-corrected chi connectivity index (χ1v) is 10.9. The predicted molar refractivity (Wildman–Crippen MR) is 112 cm³/mol. The van der Waals surface area contributed by atoms with Gasteiger partial charge in [-0.2, -0.15) is 0 Å². The number of benzene rings is 2. The average Bonchev–Trinajstić information content (AvgIpc) is 2.63. The summed E-state index contributed by atoms with van der Waals surface area (Å²) in [6.07, 6.45) is 1.12. The fourth-order valence-corrected chi connectivity index (χ4v) is 4.27. The molecule has 0 unspecified atom stereocenters. The monoisotopic (exact) mass is 404 g/mol. The molecule has 2 rings (SSSR count). The third-order valence-corrected chi connectivity index (χ3v) is 5.89. The second-order valence-electron chi connectivity index (χ2n) is 7.03. The van der Waals surface area contributed by atoms with Crippen molar-refractivity contribution in [2.24, 2.45) is 0 Å². The van der Waals surface area contributed by atoms with Crippen LogP contribution in [0.15, 0.2) is 42.5 Å². The molecule has 2 aromatic rings. The molecule has 0 saturated carbocycles. The van der Waals surface area contributed by atoms with Crippen LogP contribution in [0, 0.1) is 13.8 Å². The van der Waals surface area contributed by atoms with E-state index in [4.69, 9.17) is 4.74 Å². The van der Waals surface area contributed by atoms with Crippen molar-refractivity contribution in [3.63, 3.8) is 0 Å².